The van der Waals surface area contributed by atoms with Crippen LogP contribution in [0.1, 0.15) is 27.9 Å². The van der Waals surface area contributed by atoms with E-state index in [0.717, 1.165) is 23.4 Å². The number of fused-ring (bicyclic) bond motifs is 1. The van der Waals surface area contributed by atoms with Crippen molar-refractivity contribution in [2.75, 3.05) is 22.5 Å². The minimum Gasteiger partial charge on any atom is -0.321 e. The summed E-state index contributed by atoms with van der Waals surface area (Å²) in [5, 5.41) is 5.60. The van der Waals surface area contributed by atoms with E-state index in [9.17, 15) is 14.4 Å². The van der Waals surface area contributed by atoms with E-state index in [1.807, 2.05) is 47.4 Å². The molecule has 4 aromatic rings. The Morgan fingerprint density at radius 2 is 1.75 bits per heavy atom. The first-order chi connectivity index (χ1) is 19.6. The largest absolute Gasteiger partial charge is 0.321 e. The number of amides is 3. The Morgan fingerprint density at radius 1 is 0.925 bits per heavy atom. The van der Waals surface area contributed by atoms with E-state index in [1.165, 1.54) is 17.3 Å². The van der Waals surface area contributed by atoms with Crippen LogP contribution < -0.4 is 15.5 Å². The zero-order valence-corrected chi connectivity index (χ0v) is 22.6. The van der Waals surface area contributed by atoms with E-state index in [1.54, 1.807) is 60.9 Å². The van der Waals surface area contributed by atoms with E-state index in [4.69, 9.17) is 0 Å². The molecule has 0 saturated heterocycles. The molecule has 0 spiro atoms. The van der Waals surface area contributed by atoms with Crippen molar-refractivity contribution in [2.45, 2.75) is 17.7 Å². The number of carbonyl (C=O) groups is 3. The van der Waals surface area contributed by atoms with Crippen molar-refractivity contribution < 1.29 is 14.4 Å². The molecule has 0 aliphatic carbocycles. The van der Waals surface area contributed by atoms with Gasteiger partial charge in [-0.15, -0.1) is 11.8 Å². The molecule has 3 amide bonds. The topological polar surface area (TPSA) is 91.4 Å². The molecule has 3 aromatic carbocycles. The lowest BCUT2D eigenvalue weighted by molar-refractivity contribution is -0.116. The van der Waals surface area contributed by atoms with Crippen LogP contribution in [0.25, 0.3) is 6.08 Å². The van der Waals surface area contributed by atoms with Crippen LogP contribution in [0.15, 0.2) is 114 Å². The highest BCUT2D eigenvalue weighted by Crippen LogP contribution is 2.29. The summed E-state index contributed by atoms with van der Waals surface area (Å²) in [5.74, 6) is -0.536. The fourth-order valence-electron chi connectivity index (χ4n) is 4.45. The predicted molar refractivity (Wildman–Crippen MR) is 159 cm³/mol. The van der Waals surface area contributed by atoms with Gasteiger partial charge in [0.1, 0.15) is 5.70 Å². The first-order valence-corrected chi connectivity index (χ1v) is 14.0. The molecule has 2 heterocycles. The minimum atomic E-state index is -0.476. The standard InChI is InChI=1S/C32H28N4O3S/c37-30(36-18-8-13-24-10-4-5-16-29(24)36)22-40-27-15-6-14-26(20-27)34-32(39)28(19-23-9-7-17-33-21-23)35-31(38)25-11-2-1-3-12-25/h1-7,9-12,14-17,19-21H,8,13,18,22H2,(H,34,39)(H,35,38)/b28-19-. The SMILES string of the molecule is O=C(Nc1cccc(SCC(=O)N2CCCc3ccccc32)c1)/C(=C/c1cccnc1)NC(=O)c1ccccc1. The molecule has 1 aliphatic rings. The van der Waals surface area contributed by atoms with Gasteiger partial charge in [-0.05, 0) is 72.5 Å². The van der Waals surface area contributed by atoms with Gasteiger partial charge in [-0.3, -0.25) is 19.4 Å². The number of aryl methyl sites for hydroxylation is 1. The number of nitrogens with zero attached hydrogens (tertiary/aromatic N) is 2. The third kappa shape index (κ3) is 6.84. The summed E-state index contributed by atoms with van der Waals surface area (Å²) in [7, 11) is 0. The number of hydrogen-bond acceptors (Lipinski definition) is 5. The maximum absolute atomic E-state index is 13.3. The summed E-state index contributed by atoms with van der Waals surface area (Å²) in [6, 6.07) is 27.6. The van der Waals surface area contributed by atoms with E-state index < -0.39 is 11.8 Å². The van der Waals surface area contributed by atoms with Crippen LogP contribution in [-0.2, 0) is 16.0 Å². The van der Waals surface area contributed by atoms with E-state index in [0.29, 0.717) is 23.4 Å². The summed E-state index contributed by atoms with van der Waals surface area (Å²) in [4.78, 5) is 46.0. The molecule has 0 saturated carbocycles. The van der Waals surface area contributed by atoms with Crippen molar-refractivity contribution in [3.63, 3.8) is 0 Å². The normalized spacial score (nSPS) is 12.8. The quantitative estimate of drug-likeness (QED) is 0.222. The lowest BCUT2D eigenvalue weighted by Gasteiger charge is -2.29. The van der Waals surface area contributed by atoms with Crippen LogP contribution in [0, 0.1) is 0 Å². The number of thioether (sulfide) groups is 1. The van der Waals surface area contributed by atoms with Crippen LogP contribution in [0.3, 0.4) is 0 Å². The van der Waals surface area contributed by atoms with Crippen molar-refractivity contribution >= 4 is 46.9 Å². The van der Waals surface area contributed by atoms with Gasteiger partial charge < -0.3 is 15.5 Å². The molecule has 5 rings (SSSR count). The average Bonchev–Trinajstić information content (AvgIpc) is 3.00. The number of carbonyl (C=O) groups excluding carboxylic acids is 3. The first kappa shape index (κ1) is 26.9. The predicted octanol–water partition coefficient (Wildman–Crippen LogP) is 5.56. The molecule has 2 N–H and O–H groups in total. The lowest BCUT2D eigenvalue weighted by atomic mass is 10.0. The Morgan fingerprint density at radius 3 is 2.58 bits per heavy atom. The number of hydrogen-bond donors (Lipinski definition) is 2. The molecule has 1 aliphatic heterocycles. The summed E-state index contributed by atoms with van der Waals surface area (Å²) in [6.07, 6.45) is 6.76. The Kier molecular flexibility index (Phi) is 8.68. The molecule has 40 heavy (non-hydrogen) atoms. The Balaban J connectivity index is 1.27. The van der Waals surface area contributed by atoms with Gasteiger partial charge in [-0.1, -0.05) is 48.5 Å². The molecule has 8 heteroatoms. The molecule has 0 fully saturated rings. The molecular weight excluding hydrogens is 520 g/mol. The summed E-state index contributed by atoms with van der Waals surface area (Å²) < 4.78 is 0. The van der Waals surface area contributed by atoms with Gasteiger partial charge in [0.15, 0.2) is 0 Å². The van der Waals surface area contributed by atoms with E-state index in [2.05, 4.69) is 21.7 Å². The van der Waals surface area contributed by atoms with Crippen LogP contribution in [-0.4, -0.2) is 35.0 Å². The second kappa shape index (κ2) is 12.9. The van der Waals surface area contributed by atoms with Crippen molar-refractivity contribution in [3.8, 4) is 0 Å². The number of nitrogens with one attached hydrogen (secondary N) is 2. The van der Waals surface area contributed by atoms with Crippen molar-refractivity contribution in [1.29, 1.82) is 0 Å². The molecule has 0 bridgehead atoms. The first-order valence-electron chi connectivity index (χ1n) is 13.0. The van der Waals surface area contributed by atoms with Gasteiger partial charge in [0.2, 0.25) is 5.91 Å². The molecule has 0 unspecified atom stereocenters. The van der Waals surface area contributed by atoms with Gasteiger partial charge in [-0.2, -0.15) is 0 Å². The molecule has 200 valence electrons. The van der Waals surface area contributed by atoms with E-state index in [-0.39, 0.29) is 17.4 Å². The third-order valence-electron chi connectivity index (χ3n) is 6.39. The second-order valence-corrected chi connectivity index (χ2v) is 10.3. The Hall–Kier alpha value is -4.69. The van der Waals surface area contributed by atoms with Gasteiger partial charge in [0.25, 0.3) is 11.8 Å². The number of pyridine rings is 1. The van der Waals surface area contributed by atoms with Crippen LogP contribution in [0.5, 0.6) is 0 Å². The van der Waals surface area contributed by atoms with Crippen LogP contribution in [0.2, 0.25) is 0 Å². The smallest absolute Gasteiger partial charge is 0.272 e. The number of aromatic nitrogens is 1. The molecule has 7 nitrogen and oxygen atoms in total. The van der Waals surface area contributed by atoms with Crippen LogP contribution in [0.4, 0.5) is 11.4 Å². The highest BCUT2D eigenvalue weighted by atomic mass is 32.2. The number of para-hydroxylation sites is 1. The maximum Gasteiger partial charge on any atom is 0.272 e. The Labute approximate surface area is 237 Å². The van der Waals surface area contributed by atoms with Crippen molar-refractivity contribution in [3.05, 3.63) is 126 Å². The van der Waals surface area contributed by atoms with Crippen molar-refractivity contribution in [1.82, 2.24) is 10.3 Å². The molecule has 1 aromatic heterocycles. The molecular formula is C32H28N4O3S. The number of anilines is 2. The van der Waals surface area contributed by atoms with Gasteiger partial charge in [0.05, 0.1) is 5.75 Å². The van der Waals surface area contributed by atoms with Crippen LogP contribution >= 0.6 is 11.8 Å². The zero-order chi connectivity index (χ0) is 27.7. The second-order valence-electron chi connectivity index (χ2n) is 9.21. The van der Waals surface area contributed by atoms with Gasteiger partial charge in [-0.25, -0.2) is 0 Å². The highest BCUT2D eigenvalue weighted by molar-refractivity contribution is 8.00. The lowest BCUT2D eigenvalue weighted by Crippen LogP contribution is -2.36. The zero-order valence-electron chi connectivity index (χ0n) is 21.7. The highest BCUT2D eigenvalue weighted by Gasteiger charge is 2.22. The van der Waals surface area contributed by atoms with Crippen molar-refractivity contribution in [2.24, 2.45) is 0 Å². The van der Waals surface area contributed by atoms with Gasteiger partial charge in [0, 0.05) is 40.8 Å². The summed E-state index contributed by atoms with van der Waals surface area (Å²) in [5.41, 5.74) is 3.93. The fraction of sp³-hybridized carbons (Fsp3) is 0.125. The Bertz CT molecular complexity index is 1540. The fourth-order valence-corrected chi connectivity index (χ4v) is 5.28. The maximum atomic E-state index is 13.3. The molecule has 0 radical (unpaired) electrons. The summed E-state index contributed by atoms with van der Waals surface area (Å²) in [6.45, 7) is 0.716. The number of benzene rings is 3. The monoisotopic (exact) mass is 548 g/mol. The van der Waals surface area contributed by atoms with Gasteiger partial charge >= 0.3 is 0 Å². The third-order valence-corrected chi connectivity index (χ3v) is 7.37. The summed E-state index contributed by atoms with van der Waals surface area (Å²) >= 11 is 1.42. The molecule has 0 atom stereocenters. The van der Waals surface area contributed by atoms with E-state index >= 15 is 0 Å². The average molecular weight is 549 g/mol. The minimum absolute atomic E-state index is 0.0527. The number of rotatable bonds is 8.